The molecule has 0 saturated carbocycles. The van der Waals surface area contributed by atoms with Gasteiger partial charge in [-0.3, -0.25) is 4.79 Å². The van der Waals surface area contributed by atoms with Crippen LogP contribution in [0.5, 0.6) is 5.75 Å². The summed E-state index contributed by atoms with van der Waals surface area (Å²) < 4.78 is 5.43. The zero-order valence-electron chi connectivity index (χ0n) is 12.3. The Hall–Kier alpha value is -2.49. The predicted octanol–water partition coefficient (Wildman–Crippen LogP) is 2.98. The Balaban J connectivity index is 1.99. The van der Waals surface area contributed by atoms with Gasteiger partial charge < -0.3 is 15.4 Å². The molecule has 0 radical (unpaired) electrons. The van der Waals surface area contributed by atoms with E-state index in [1.165, 1.54) is 5.56 Å². The van der Waals surface area contributed by atoms with Gasteiger partial charge in [0.2, 0.25) is 0 Å². The summed E-state index contributed by atoms with van der Waals surface area (Å²) in [5, 5.41) is 5.94. The predicted molar refractivity (Wildman–Crippen MR) is 84.5 cm³/mol. The van der Waals surface area contributed by atoms with E-state index < -0.39 is 0 Å². The van der Waals surface area contributed by atoms with Gasteiger partial charge in [0.25, 0.3) is 5.91 Å². The Kier molecular flexibility index (Phi) is 5.21. The van der Waals surface area contributed by atoms with Crippen molar-refractivity contribution in [1.82, 2.24) is 5.32 Å². The second kappa shape index (κ2) is 7.33. The molecule has 2 aromatic rings. The van der Waals surface area contributed by atoms with Crippen LogP contribution in [0.2, 0.25) is 0 Å². The van der Waals surface area contributed by atoms with Gasteiger partial charge in [-0.25, -0.2) is 0 Å². The van der Waals surface area contributed by atoms with Gasteiger partial charge >= 0.3 is 0 Å². The van der Waals surface area contributed by atoms with Crippen molar-refractivity contribution in [2.45, 2.75) is 13.0 Å². The maximum Gasteiger partial charge on any atom is 0.257 e. The number of rotatable bonds is 6. The van der Waals surface area contributed by atoms with Crippen molar-refractivity contribution in [1.29, 1.82) is 0 Å². The van der Waals surface area contributed by atoms with Gasteiger partial charge in [0.15, 0.2) is 6.61 Å². The number of likely N-dealkylation sites (N-methyl/N-ethyl adjacent to an activating group) is 1. The highest BCUT2D eigenvalue weighted by Gasteiger charge is 2.06. The van der Waals surface area contributed by atoms with Crippen molar-refractivity contribution in [3.05, 3.63) is 60.2 Å². The first-order valence-electron chi connectivity index (χ1n) is 6.94. The summed E-state index contributed by atoms with van der Waals surface area (Å²) >= 11 is 0. The van der Waals surface area contributed by atoms with E-state index >= 15 is 0 Å². The molecule has 0 aliphatic carbocycles. The maximum absolute atomic E-state index is 11.2. The molecule has 1 unspecified atom stereocenters. The Labute approximate surface area is 125 Å². The van der Waals surface area contributed by atoms with Crippen LogP contribution in [0.3, 0.4) is 0 Å². The largest absolute Gasteiger partial charge is 0.484 e. The summed E-state index contributed by atoms with van der Waals surface area (Å²) in [6.07, 6.45) is 0. The Morgan fingerprint density at radius 2 is 1.90 bits per heavy atom. The Bertz CT molecular complexity index is 584. The molecule has 0 fully saturated rings. The third-order valence-corrected chi connectivity index (χ3v) is 3.17. The van der Waals surface area contributed by atoms with Crippen molar-refractivity contribution in [3.8, 4) is 5.75 Å². The molecule has 2 aromatic carbocycles. The third kappa shape index (κ3) is 4.53. The van der Waals surface area contributed by atoms with Crippen LogP contribution in [-0.4, -0.2) is 19.6 Å². The first-order valence-corrected chi connectivity index (χ1v) is 6.94. The molecule has 0 aliphatic rings. The molecule has 4 nitrogen and oxygen atoms in total. The molecular weight excluding hydrogens is 264 g/mol. The smallest absolute Gasteiger partial charge is 0.257 e. The lowest BCUT2D eigenvalue weighted by atomic mass is 10.1. The summed E-state index contributed by atoms with van der Waals surface area (Å²) in [7, 11) is 1.59. The number of nitrogens with one attached hydrogen (secondary N) is 2. The lowest BCUT2D eigenvalue weighted by Gasteiger charge is -2.16. The van der Waals surface area contributed by atoms with Gasteiger partial charge in [-0.05, 0) is 24.6 Å². The Morgan fingerprint density at radius 1 is 1.14 bits per heavy atom. The monoisotopic (exact) mass is 284 g/mol. The molecule has 0 heterocycles. The van der Waals surface area contributed by atoms with Crippen molar-refractivity contribution in [3.63, 3.8) is 0 Å². The zero-order valence-corrected chi connectivity index (χ0v) is 12.3. The minimum atomic E-state index is -0.147. The van der Waals surface area contributed by atoms with Crippen LogP contribution in [0.4, 0.5) is 5.69 Å². The van der Waals surface area contributed by atoms with Gasteiger partial charge in [-0.2, -0.15) is 0 Å². The van der Waals surface area contributed by atoms with E-state index in [2.05, 4.69) is 29.7 Å². The standard InChI is InChI=1S/C17H20N2O2/c1-13(14-7-4-3-5-8-14)19-15-9-6-10-16(11-15)21-12-17(20)18-2/h3-11,13,19H,12H2,1-2H3,(H,18,20). The molecule has 21 heavy (non-hydrogen) atoms. The second-order valence-electron chi connectivity index (χ2n) is 4.77. The van der Waals surface area contributed by atoms with E-state index in [1.54, 1.807) is 7.05 Å². The molecule has 0 aliphatic heterocycles. The fourth-order valence-electron chi connectivity index (χ4n) is 1.97. The number of hydrogen-bond donors (Lipinski definition) is 2. The van der Waals surface area contributed by atoms with Crippen LogP contribution in [0.15, 0.2) is 54.6 Å². The molecule has 4 heteroatoms. The molecule has 2 rings (SSSR count). The highest BCUT2D eigenvalue weighted by Crippen LogP contribution is 2.22. The highest BCUT2D eigenvalue weighted by atomic mass is 16.5. The highest BCUT2D eigenvalue weighted by molar-refractivity contribution is 5.77. The number of carbonyl (C=O) groups excluding carboxylic acids is 1. The molecule has 0 bridgehead atoms. The van der Waals surface area contributed by atoms with Crippen molar-refractivity contribution in [2.75, 3.05) is 19.0 Å². The molecule has 2 N–H and O–H groups in total. The summed E-state index contributed by atoms with van der Waals surface area (Å²) in [5.74, 6) is 0.523. The van der Waals surface area contributed by atoms with Crippen LogP contribution in [0, 0.1) is 0 Å². The van der Waals surface area contributed by atoms with Gasteiger partial charge in [0.05, 0.1) is 0 Å². The van der Waals surface area contributed by atoms with E-state index in [0.29, 0.717) is 5.75 Å². The van der Waals surface area contributed by atoms with E-state index in [1.807, 2.05) is 42.5 Å². The number of hydrogen-bond acceptors (Lipinski definition) is 3. The van der Waals surface area contributed by atoms with E-state index in [0.717, 1.165) is 5.69 Å². The third-order valence-electron chi connectivity index (χ3n) is 3.17. The molecule has 0 saturated heterocycles. The number of carbonyl (C=O) groups is 1. The molecule has 1 atom stereocenters. The lowest BCUT2D eigenvalue weighted by molar-refractivity contribution is -0.122. The molecular formula is C17H20N2O2. The topological polar surface area (TPSA) is 50.4 Å². The average molecular weight is 284 g/mol. The quantitative estimate of drug-likeness (QED) is 0.857. The Morgan fingerprint density at radius 3 is 2.62 bits per heavy atom. The van der Waals surface area contributed by atoms with Gasteiger partial charge in [-0.1, -0.05) is 36.4 Å². The molecule has 110 valence electrons. The second-order valence-corrected chi connectivity index (χ2v) is 4.77. The van der Waals surface area contributed by atoms with Crippen molar-refractivity contribution in [2.24, 2.45) is 0 Å². The molecule has 0 aromatic heterocycles. The van der Waals surface area contributed by atoms with Gasteiger partial charge in [-0.15, -0.1) is 0 Å². The van der Waals surface area contributed by atoms with Gasteiger partial charge in [0, 0.05) is 24.8 Å². The molecule has 0 spiro atoms. The summed E-state index contributed by atoms with van der Waals surface area (Å²) in [5.41, 5.74) is 2.18. The summed E-state index contributed by atoms with van der Waals surface area (Å²) in [6.45, 7) is 2.13. The first-order chi connectivity index (χ1) is 10.2. The lowest BCUT2D eigenvalue weighted by Crippen LogP contribution is -2.24. The van der Waals surface area contributed by atoms with Crippen molar-refractivity contribution < 1.29 is 9.53 Å². The fraction of sp³-hybridized carbons (Fsp3) is 0.235. The van der Waals surface area contributed by atoms with Crippen LogP contribution in [0.25, 0.3) is 0 Å². The normalized spacial score (nSPS) is 11.5. The van der Waals surface area contributed by atoms with Crippen molar-refractivity contribution >= 4 is 11.6 Å². The fourth-order valence-corrected chi connectivity index (χ4v) is 1.97. The van der Waals surface area contributed by atoms with E-state index in [4.69, 9.17) is 4.74 Å². The van der Waals surface area contributed by atoms with Crippen LogP contribution >= 0.6 is 0 Å². The van der Waals surface area contributed by atoms with Gasteiger partial charge in [0.1, 0.15) is 5.75 Å². The van der Waals surface area contributed by atoms with Crippen LogP contribution in [-0.2, 0) is 4.79 Å². The van der Waals surface area contributed by atoms with Crippen LogP contribution < -0.4 is 15.4 Å². The SMILES string of the molecule is CNC(=O)COc1cccc(NC(C)c2ccccc2)c1. The number of benzene rings is 2. The summed E-state index contributed by atoms with van der Waals surface area (Å²) in [4.78, 5) is 11.2. The number of amides is 1. The maximum atomic E-state index is 11.2. The van der Waals surface area contributed by atoms with E-state index in [-0.39, 0.29) is 18.6 Å². The minimum absolute atomic E-state index is 0.0220. The first kappa shape index (κ1) is 14.9. The molecule has 1 amide bonds. The minimum Gasteiger partial charge on any atom is -0.484 e. The number of ether oxygens (including phenoxy) is 1. The summed E-state index contributed by atoms with van der Waals surface area (Å²) in [6, 6.07) is 18.0. The zero-order chi connectivity index (χ0) is 15.1. The average Bonchev–Trinajstić information content (AvgIpc) is 2.53. The van der Waals surface area contributed by atoms with Crippen LogP contribution in [0.1, 0.15) is 18.5 Å². The van der Waals surface area contributed by atoms with E-state index in [9.17, 15) is 4.79 Å². The number of anilines is 1.